The summed E-state index contributed by atoms with van der Waals surface area (Å²) in [4.78, 5) is 43.7. The highest BCUT2D eigenvalue weighted by molar-refractivity contribution is 6.43. The van der Waals surface area contributed by atoms with Crippen molar-refractivity contribution in [3.63, 3.8) is 0 Å². The van der Waals surface area contributed by atoms with Crippen LogP contribution in [0, 0.1) is 27.9 Å². The van der Waals surface area contributed by atoms with Crippen LogP contribution in [0.2, 0.25) is 6.32 Å². The van der Waals surface area contributed by atoms with E-state index in [0.29, 0.717) is 41.2 Å². The number of nitro benzene ring substituents is 1. The van der Waals surface area contributed by atoms with Crippen molar-refractivity contribution in [1.29, 1.82) is 0 Å². The molecule has 3 aromatic rings. The highest BCUT2D eigenvalue weighted by atomic mass is 16.6. The third kappa shape index (κ3) is 5.50. The van der Waals surface area contributed by atoms with Crippen LogP contribution in [0.25, 0.3) is 11.6 Å². The van der Waals surface area contributed by atoms with Crippen LogP contribution in [0.4, 0.5) is 11.4 Å². The number of carbonyl (C=O) groups excluding carboxylic acids is 2. The molecule has 44 heavy (non-hydrogen) atoms. The summed E-state index contributed by atoms with van der Waals surface area (Å²) in [5.41, 5.74) is 2.69. The summed E-state index contributed by atoms with van der Waals surface area (Å²) >= 11 is 0. The van der Waals surface area contributed by atoms with Crippen LogP contribution < -0.4 is 4.90 Å². The molecule has 0 saturated carbocycles. The Balaban J connectivity index is 1.30. The molecule has 2 amide bonds. The predicted molar refractivity (Wildman–Crippen MR) is 158 cm³/mol. The van der Waals surface area contributed by atoms with E-state index in [1.165, 1.54) is 24.3 Å². The molecule has 2 aromatic heterocycles. The molecule has 12 nitrogen and oxygen atoms in total. The first kappa shape index (κ1) is 29.6. The van der Waals surface area contributed by atoms with Gasteiger partial charge in [-0.15, -0.1) is 0 Å². The fourth-order valence-corrected chi connectivity index (χ4v) is 6.75. The summed E-state index contributed by atoms with van der Waals surface area (Å²) in [5.74, 6) is -2.16. The van der Waals surface area contributed by atoms with E-state index in [2.05, 4.69) is 4.98 Å². The normalized spacial score (nSPS) is 23.7. The van der Waals surface area contributed by atoms with Crippen molar-refractivity contribution in [3.05, 3.63) is 99.3 Å². The molecule has 4 atom stereocenters. The highest BCUT2D eigenvalue weighted by Crippen LogP contribution is 2.51. The van der Waals surface area contributed by atoms with Crippen molar-refractivity contribution in [2.24, 2.45) is 17.8 Å². The van der Waals surface area contributed by atoms with Crippen molar-refractivity contribution in [3.8, 4) is 0 Å². The molecule has 226 valence electrons. The minimum absolute atomic E-state index is 0.0670. The Kier molecular flexibility index (Phi) is 8.28. The number of amides is 2. The number of aliphatic hydroxyl groups excluding tert-OH is 2. The van der Waals surface area contributed by atoms with E-state index in [4.69, 9.17) is 9.07 Å². The number of fused-ring (bicyclic) bond motifs is 3. The van der Waals surface area contributed by atoms with Gasteiger partial charge in [0.2, 0.25) is 11.8 Å². The highest BCUT2D eigenvalue weighted by Gasteiger charge is 2.57. The topological polar surface area (TPSA) is 176 Å². The number of imide groups is 1. The molecule has 13 heteroatoms. The summed E-state index contributed by atoms with van der Waals surface area (Å²) in [6, 6.07) is 14.3. The van der Waals surface area contributed by atoms with E-state index >= 15 is 0 Å². The first-order valence-electron chi connectivity index (χ1n) is 14.4. The predicted octanol–water partition coefficient (Wildman–Crippen LogP) is 3.39. The van der Waals surface area contributed by atoms with Gasteiger partial charge in [-0.1, -0.05) is 12.1 Å². The number of benzene rings is 1. The number of allylic oxidation sites excluding steroid dienone is 1. The van der Waals surface area contributed by atoms with Gasteiger partial charge in [-0.05, 0) is 84.6 Å². The Labute approximate surface area is 252 Å². The molecule has 0 bridgehead atoms. The first-order chi connectivity index (χ1) is 21.3. The van der Waals surface area contributed by atoms with Gasteiger partial charge in [0.05, 0.1) is 40.9 Å². The number of rotatable bonds is 9. The lowest BCUT2D eigenvalue weighted by Gasteiger charge is -2.42. The van der Waals surface area contributed by atoms with Crippen molar-refractivity contribution >= 4 is 42.0 Å². The average Bonchev–Trinajstić information content (AvgIpc) is 3.59. The van der Waals surface area contributed by atoms with Gasteiger partial charge in [-0.25, -0.2) is 4.90 Å². The minimum atomic E-state index is -1.21. The van der Waals surface area contributed by atoms with E-state index in [1.807, 2.05) is 18.2 Å². The second kappa shape index (κ2) is 12.3. The van der Waals surface area contributed by atoms with Crippen LogP contribution in [0.15, 0.2) is 76.4 Å². The maximum absolute atomic E-state index is 13.9. The van der Waals surface area contributed by atoms with Crippen LogP contribution in [0.1, 0.15) is 36.5 Å². The first-order valence-corrected chi connectivity index (χ1v) is 14.4. The Bertz CT molecular complexity index is 1650. The zero-order valence-electron chi connectivity index (χ0n) is 23.6. The molecule has 0 radical (unpaired) electrons. The third-order valence-electron chi connectivity index (χ3n) is 8.62. The number of hydrogen-bond donors (Lipinski definition) is 3. The molecule has 3 N–H and O–H groups in total. The number of anilines is 1. The maximum atomic E-state index is 13.9. The van der Waals surface area contributed by atoms with Crippen LogP contribution in [-0.4, -0.2) is 56.8 Å². The quantitative estimate of drug-likeness (QED) is 0.109. The number of hydrogen-bond acceptors (Lipinski definition) is 10. The number of aliphatic hydroxyl groups is 2. The number of nitro groups is 1. The number of aromatic nitrogens is 1. The summed E-state index contributed by atoms with van der Waals surface area (Å²) < 4.78 is 11.7. The Hall–Kier alpha value is -4.43. The lowest BCUT2D eigenvalue weighted by Crippen LogP contribution is -2.46. The van der Waals surface area contributed by atoms with Gasteiger partial charge in [0.1, 0.15) is 18.1 Å². The number of furan rings is 1. The summed E-state index contributed by atoms with van der Waals surface area (Å²) in [6.45, 7) is -0.579. The lowest BCUT2D eigenvalue weighted by atomic mass is 9.58. The average molecular weight is 599 g/mol. The number of non-ortho nitro benzene ring substituents is 1. The smallest absolute Gasteiger partial charge is 0.455 e. The zero-order valence-corrected chi connectivity index (χ0v) is 23.6. The van der Waals surface area contributed by atoms with Gasteiger partial charge < -0.3 is 24.3 Å². The van der Waals surface area contributed by atoms with Crippen molar-refractivity contribution in [2.45, 2.75) is 38.3 Å². The maximum Gasteiger partial charge on any atom is 0.455 e. The van der Waals surface area contributed by atoms with Gasteiger partial charge in [-0.2, -0.15) is 0 Å². The molecule has 1 aromatic carbocycles. The van der Waals surface area contributed by atoms with E-state index in [9.17, 15) is 34.9 Å². The van der Waals surface area contributed by atoms with E-state index in [1.54, 1.807) is 24.4 Å². The van der Waals surface area contributed by atoms with Crippen LogP contribution in [-0.2, 0) is 20.9 Å². The number of carbonyl (C=O) groups is 2. The van der Waals surface area contributed by atoms with Crippen molar-refractivity contribution < 1.29 is 38.8 Å². The van der Waals surface area contributed by atoms with Gasteiger partial charge >= 0.3 is 7.12 Å². The van der Waals surface area contributed by atoms with E-state index < -0.39 is 47.7 Å². The second-order valence-electron chi connectivity index (χ2n) is 11.1. The molecular weight excluding hydrogens is 569 g/mol. The fraction of sp³-hybridized carbons (Fsp3) is 0.323. The van der Waals surface area contributed by atoms with Crippen molar-refractivity contribution in [1.82, 2.24) is 4.98 Å². The van der Waals surface area contributed by atoms with Gasteiger partial charge in [0.25, 0.3) is 5.69 Å². The zero-order chi connectivity index (χ0) is 31.0. The molecule has 3 aliphatic rings. The van der Waals surface area contributed by atoms with Crippen LogP contribution in [0.3, 0.4) is 0 Å². The standard InChI is InChI=1S/C31H30BN3O9/c36-16-19-13-24-29(31(39)34(30(24)38)20-4-3-5-21(14-20)35(41)42)25-15-32(40)44-27(28(19)25)10-7-18(26-6-1-2-11-33-26)12-22-8-9-23(17-37)43-22/h1-6,8-9,11-12,14,24-25,27,29,36-37,40H,7,10,13,15-17H2/b18-12-/t24-,25+,27-,29-/m1/s1. The number of pyridine rings is 1. The molecule has 2 aliphatic heterocycles. The summed E-state index contributed by atoms with van der Waals surface area (Å²) in [5, 5.41) is 42.0. The molecule has 1 aliphatic carbocycles. The molecule has 0 unspecified atom stereocenters. The number of nitrogens with zero attached hydrogens (tertiary/aromatic N) is 3. The molecule has 0 spiro atoms. The fourth-order valence-electron chi connectivity index (χ4n) is 6.75. The van der Waals surface area contributed by atoms with Gasteiger partial charge in [-0.3, -0.25) is 24.7 Å². The van der Waals surface area contributed by atoms with E-state index in [-0.39, 0.29) is 37.3 Å². The van der Waals surface area contributed by atoms with Crippen LogP contribution in [0.5, 0.6) is 0 Å². The van der Waals surface area contributed by atoms with Crippen LogP contribution >= 0.6 is 0 Å². The molecule has 6 rings (SSSR count). The van der Waals surface area contributed by atoms with Crippen molar-refractivity contribution in [2.75, 3.05) is 11.5 Å². The van der Waals surface area contributed by atoms with E-state index in [0.717, 1.165) is 10.5 Å². The Morgan fingerprint density at radius 3 is 2.64 bits per heavy atom. The summed E-state index contributed by atoms with van der Waals surface area (Å²) in [7, 11) is -1.21. The molecule has 2 fully saturated rings. The second-order valence-corrected chi connectivity index (χ2v) is 11.1. The molecule has 4 heterocycles. The molecule has 2 saturated heterocycles. The van der Waals surface area contributed by atoms with Gasteiger partial charge in [0, 0.05) is 18.3 Å². The monoisotopic (exact) mass is 599 g/mol. The SMILES string of the molecule is O=C1[C@@H]2[C@@H](CC(CO)=C3[C@@H](CC/C(=C/c4ccc(CO)o4)c4ccccn4)OB(O)C[C@@H]32)C(=O)N1c1cccc([N+](=O)[O-])c1. The largest absolute Gasteiger partial charge is 0.459 e. The summed E-state index contributed by atoms with van der Waals surface area (Å²) in [6.07, 6.45) is 3.85. The molecular formula is C31H30BN3O9. The lowest BCUT2D eigenvalue weighted by molar-refractivity contribution is -0.384. The third-order valence-corrected chi connectivity index (χ3v) is 8.62. The Morgan fingerprint density at radius 1 is 1.09 bits per heavy atom. The Morgan fingerprint density at radius 2 is 1.93 bits per heavy atom. The minimum Gasteiger partial charge on any atom is -0.459 e. The van der Waals surface area contributed by atoms with Gasteiger partial charge in [0.15, 0.2) is 0 Å².